The number of ether oxygens (including phenoxy) is 2. The monoisotopic (exact) mass is 758 g/mol. The molecule has 0 unspecified atom stereocenters. The van der Waals surface area contributed by atoms with Crippen molar-refractivity contribution in [3.05, 3.63) is 59.6 Å². The van der Waals surface area contributed by atoms with Crippen LogP contribution in [0.15, 0.2) is 48.9 Å². The summed E-state index contributed by atoms with van der Waals surface area (Å²) in [4.78, 5) is 28.8. The Labute approximate surface area is 308 Å². The Morgan fingerprint density at radius 3 is 2.52 bits per heavy atom. The number of para-hydroxylation sites is 1. The van der Waals surface area contributed by atoms with E-state index in [-0.39, 0.29) is 30.7 Å². The topological polar surface area (TPSA) is 146 Å². The summed E-state index contributed by atoms with van der Waals surface area (Å²) in [6, 6.07) is 9.74. The van der Waals surface area contributed by atoms with Crippen LogP contribution in [0.2, 0.25) is 0 Å². The Morgan fingerprint density at radius 2 is 1.81 bits per heavy atom. The Bertz CT molecular complexity index is 1860. The highest BCUT2D eigenvalue weighted by atomic mass is 32.1. The summed E-state index contributed by atoms with van der Waals surface area (Å²) >= 11 is 1.29. The van der Waals surface area contributed by atoms with Gasteiger partial charge in [0.15, 0.2) is 16.6 Å². The van der Waals surface area contributed by atoms with Crippen LogP contribution in [-0.2, 0) is 29.4 Å². The summed E-state index contributed by atoms with van der Waals surface area (Å²) < 4.78 is 56.8. The number of rotatable bonds is 16. The van der Waals surface area contributed by atoms with Gasteiger partial charge in [0.1, 0.15) is 18.0 Å². The zero-order valence-electron chi connectivity index (χ0n) is 30.7. The average molecular weight is 759 g/mol. The summed E-state index contributed by atoms with van der Waals surface area (Å²) in [6.07, 6.45) is 5.77. The molecule has 1 amide bonds. The van der Waals surface area contributed by atoms with E-state index >= 15 is 0 Å². The van der Waals surface area contributed by atoms with Gasteiger partial charge in [-0.25, -0.2) is 23.9 Å². The van der Waals surface area contributed by atoms with Crippen molar-refractivity contribution in [2.24, 2.45) is 0 Å². The molecule has 0 aliphatic carbocycles. The summed E-state index contributed by atoms with van der Waals surface area (Å²) in [7, 11) is -2.22. The number of benzene rings is 2. The van der Waals surface area contributed by atoms with Gasteiger partial charge < -0.3 is 20.1 Å². The summed E-state index contributed by atoms with van der Waals surface area (Å²) in [5.41, 5.74) is -0.614. The molecule has 2 aromatic heterocycles. The largest absolute Gasteiger partial charge is 0.493 e. The van der Waals surface area contributed by atoms with E-state index in [2.05, 4.69) is 30.5 Å². The molecule has 3 heterocycles. The SMILES string of the molecule is COc1cc2c(Nc3ncc(CC(=O)Nc4ccccc4F)s3)ncnc2cc1OCCCN1CCC[C@H]1COP(=O)(OC(C)(C)C)OC(C)(C)C. The van der Waals surface area contributed by atoms with Gasteiger partial charge in [0.25, 0.3) is 0 Å². The molecule has 1 saturated heterocycles. The molecule has 1 fully saturated rings. The Hall–Kier alpha value is -3.72. The Balaban J connectivity index is 1.16. The second-order valence-corrected chi connectivity index (χ2v) is 17.0. The molecule has 16 heteroatoms. The molecule has 2 N–H and O–H groups in total. The summed E-state index contributed by atoms with van der Waals surface area (Å²) in [6.45, 7) is 13.3. The number of methoxy groups -OCH3 is 1. The van der Waals surface area contributed by atoms with E-state index in [4.69, 9.17) is 23.0 Å². The number of hydrogen-bond acceptors (Lipinski definition) is 13. The Morgan fingerprint density at radius 1 is 1.06 bits per heavy atom. The number of likely N-dealkylation sites (tertiary alicyclic amines) is 1. The first-order valence-electron chi connectivity index (χ1n) is 17.2. The molecular weight excluding hydrogens is 710 g/mol. The van der Waals surface area contributed by atoms with E-state index in [1.807, 2.05) is 53.7 Å². The van der Waals surface area contributed by atoms with Crippen molar-refractivity contribution in [1.82, 2.24) is 19.9 Å². The second kappa shape index (κ2) is 17.0. The summed E-state index contributed by atoms with van der Waals surface area (Å²) in [5.74, 6) is 0.747. The first kappa shape index (κ1) is 39.5. The second-order valence-electron chi connectivity index (χ2n) is 14.4. The number of thiazole rings is 1. The third-order valence-electron chi connectivity index (χ3n) is 7.73. The van der Waals surface area contributed by atoms with Crippen LogP contribution in [-0.4, -0.2) is 76.4 Å². The van der Waals surface area contributed by atoms with Crippen LogP contribution in [0.3, 0.4) is 0 Å². The van der Waals surface area contributed by atoms with E-state index in [0.29, 0.717) is 44.8 Å². The van der Waals surface area contributed by atoms with Crippen molar-refractivity contribution in [2.75, 3.05) is 44.0 Å². The maximum atomic E-state index is 13.9. The van der Waals surface area contributed by atoms with E-state index < -0.39 is 24.8 Å². The number of phosphoric ester groups is 1. The highest BCUT2D eigenvalue weighted by Crippen LogP contribution is 2.55. The zero-order valence-corrected chi connectivity index (χ0v) is 32.4. The molecule has 0 spiro atoms. The van der Waals surface area contributed by atoms with Gasteiger partial charge in [-0.15, -0.1) is 11.3 Å². The molecule has 1 atom stereocenters. The molecule has 5 rings (SSSR count). The highest BCUT2D eigenvalue weighted by molar-refractivity contribution is 7.48. The lowest BCUT2D eigenvalue weighted by atomic mass is 10.2. The molecule has 0 saturated carbocycles. The maximum absolute atomic E-state index is 13.9. The van der Waals surface area contributed by atoms with Crippen molar-refractivity contribution in [2.45, 2.75) is 84.5 Å². The van der Waals surface area contributed by atoms with Gasteiger partial charge in [0.2, 0.25) is 5.91 Å². The lowest BCUT2D eigenvalue weighted by Gasteiger charge is -2.32. The van der Waals surface area contributed by atoms with Crippen LogP contribution in [0.1, 0.15) is 65.7 Å². The van der Waals surface area contributed by atoms with Gasteiger partial charge >= 0.3 is 7.82 Å². The van der Waals surface area contributed by atoms with E-state index in [9.17, 15) is 13.8 Å². The lowest BCUT2D eigenvalue weighted by Crippen LogP contribution is -2.35. The number of halogens is 1. The van der Waals surface area contributed by atoms with Gasteiger partial charge in [-0.3, -0.25) is 23.3 Å². The van der Waals surface area contributed by atoms with Crippen molar-refractivity contribution < 1.29 is 36.8 Å². The van der Waals surface area contributed by atoms with E-state index in [1.54, 1.807) is 25.4 Å². The van der Waals surface area contributed by atoms with Crippen LogP contribution in [0.5, 0.6) is 11.5 Å². The number of fused-ring (bicyclic) bond motifs is 1. The van der Waals surface area contributed by atoms with E-state index in [1.165, 1.54) is 29.8 Å². The number of hydrogen-bond donors (Lipinski definition) is 2. The first-order valence-corrected chi connectivity index (χ1v) is 19.5. The minimum atomic E-state index is -3.79. The Kier molecular flexibility index (Phi) is 12.9. The van der Waals surface area contributed by atoms with Gasteiger partial charge in [0, 0.05) is 35.1 Å². The average Bonchev–Trinajstić information content (AvgIpc) is 3.70. The molecule has 1 aliphatic heterocycles. The van der Waals surface area contributed by atoms with Gasteiger partial charge in [0.05, 0.1) is 49.2 Å². The van der Waals surface area contributed by atoms with E-state index in [0.717, 1.165) is 32.4 Å². The van der Waals surface area contributed by atoms with Crippen molar-refractivity contribution in [3.63, 3.8) is 0 Å². The highest BCUT2D eigenvalue weighted by Gasteiger charge is 2.38. The van der Waals surface area contributed by atoms with Gasteiger partial charge in [-0.05, 0) is 85.5 Å². The first-order chi connectivity index (χ1) is 24.6. The minimum absolute atomic E-state index is 0.0415. The standard InChI is InChI=1S/C36H48FN6O7PS/c1-35(2,3)49-51(45,50-36(4,5)6)48-22-24-12-10-15-43(24)16-11-17-47-31-20-29-26(19-30(31)46-7)33(40-23-39-29)42-34-38-21-25(52-34)18-32(44)41-28-14-9-8-13-27(28)37/h8-9,13-14,19-21,23-24H,10-12,15-18,22H2,1-7H3,(H,41,44)(H,38,39,40,42)/t24-/m0/s1. The summed E-state index contributed by atoms with van der Waals surface area (Å²) in [5, 5.41) is 7.04. The fraction of sp³-hybridized carbons (Fsp3) is 0.500. The molecule has 4 aromatic rings. The number of nitrogens with one attached hydrogen (secondary N) is 2. The number of anilines is 3. The number of amides is 1. The van der Waals surface area contributed by atoms with Crippen LogP contribution < -0.4 is 20.1 Å². The minimum Gasteiger partial charge on any atom is -0.493 e. The van der Waals surface area contributed by atoms with Gasteiger partial charge in [-0.1, -0.05) is 12.1 Å². The third-order valence-corrected chi connectivity index (χ3v) is 10.6. The molecule has 0 radical (unpaired) electrons. The third kappa shape index (κ3) is 11.4. The number of carbonyl (C=O) groups is 1. The number of nitrogens with zero attached hydrogens (tertiary/aromatic N) is 4. The quantitative estimate of drug-likeness (QED) is 0.0840. The molecule has 1 aliphatic rings. The van der Waals surface area contributed by atoms with Crippen LogP contribution in [0.4, 0.5) is 21.0 Å². The van der Waals surface area contributed by atoms with Crippen molar-refractivity contribution >= 4 is 52.6 Å². The molecule has 13 nitrogen and oxygen atoms in total. The van der Waals surface area contributed by atoms with Crippen LogP contribution in [0, 0.1) is 5.82 Å². The maximum Gasteiger partial charge on any atom is 0.475 e. The fourth-order valence-corrected chi connectivity index (χ4v) is 8.30. The molecule has 282 valence electrons. The van der Waals surface area contributed by atoms with Crippen LogP contribution in [0.25, 0.3) is 10.9 Å². The van der Waals surface area contributed by atoms with Crippen molar-refractivity contribution in [1.29, 1.82) is 0 Å². The zero-order chi connectivity index (χ0) is 37.5. The molecule has 52 heavy (non-hydrogen) atoms. The smallest absolute Gasteiger partial charge is 0.475 e. The fourth-order valence-electron chi connectivity index (χ4n) is 5.65. The normalized spacial score (nSPS) is 15.6. The predicted octanol–water partition coefficient (Wildman–Crippen LogP) is 8.15. The predicted molar refractivity (Wildman–Crippen MR) is 200 cm³/mol. The number of aromatic nitrogens is 3. The molecule has 0 bridgehead atoms. The molecule has 2 aromatic carbocycles. The van der Waals surface area contributed by atoms with Crippen molar-refractivity contribution in [3.8, 4) is 11.5 Å². The number of carbonyl (C=O) groups excluding carboxylic acids is 1. The number of phosphoric acid groups is 1. The lowest BCUT2D eigenvalue weighted by molar-refractivity contribution is -0.115. The van der Waals surface area contributed by atoms with Gasteiger partial charge in [-0.2, -0.15) is 0 Å². The van der Waals surface area contributed by atoms with Crippen LogP contribution >= 0.6 is 19.2 Å². The molecular formula is C36H48FN6O7PS.